The van der Waals surface area contributed by atoms with Crippen LogP contribution < -0.4 is 0 Å². The highest BCUT2D eigenvalue weighted by molar-refractivity contribution is 5.83. The summed E-state index contributed by atoms with van der Waals surface area (Å²) in [5, 5.41) is 6.79. The number of piperidine rings is 1. The molecule has 2 heterocycles. The lowest BCUT2D eigenvalue weighted by atomic mass is 9.95. The number of hydrogen-bond donors (Lipinski definition) is 1. The van der Waals surface area contributed by atoms with E-state index in [9.17, 15) is 9.18 Å². The van der Waals surface area contributed by atoms with Gasteiger partial charge in [-0.15, -0.1) is 0 Å². The maximum atomic E-state index is 14.2. The van der Waals surface area contributed by atoms with Crippen molar-refractivity contribution >= 4 is 5.91 Å². The second-order valence-corrected chi connectivity index (χ2v) is 6.36. The van der Waals surface area contributed by atoms with E-state index in [0.717, 1.165) is 18.7 Å². The molecule has 1 amide bonds. The molecule has 1 aliphatic rings. The molecule has 1 atom stereocenters. The molecule has 0 unspecified atom stereocenters. The van der Waals surface area contributed by atoms with Crippen LogP contribution in [0.15, 0.2) is 30.6 Å². The number of halogens is 1. The summed E-state index contributed by atoms with van der Waals surface area (Å²) in [6, 6.07) is 5.87. The van der Waals surface area contributed by atoms with Crippen molar-refractivity contribution < 1.29 is 9.18 Å². The largest absolute Gasteiger partial charge is 0.341 e. The summed E-state index contributed by atoms with van der Waals surface area (Å²) in [6.07, 6.45) is 3.17. The van der Waals surface area contributed by atoms with Gasteiger partial charge >= 0.3 is 0 Å². The van der Waals surface area contributed by atoms with Crippen LogP contribution in [-0.4, -0.2) is 58.1 Å². The van der Waals surface area contributed by atoms with Crippen molar-refractivity contribution in [1.29, 1.82) is 0 Å². The molecule has 0 saturated carbocycles. The average Bonchev–Trinajstić information content (AvgIpc) is 3.11. The normalized spacial score (nSPS) is 17.2. The van der Waals surface area contributed by atoms with Crippen molar-refractivity contribution in [3.63, 3.8) is 0 Å². The monoisotopic (exact) mass is 331 g/mol. The first-order chi connectivity index (χ1) is 11.6. The Hall–Kier alpha value is -2.28. The molecule has 1 saturated heterocycles. The van der Waals surface area contributed by atoms with Gasteiger partial charge in [0.05, 0.1) is 0 Å². The highest BCUT2D eigenvalue weighted by atomic mass is 19.1. The molecule has 1 N–H and O–H groups in total. The Morgan fingerprint density at radius 2 is 2.04 bits per heavy atom. The molecule has 2 aromatic rings. The Bertz CT molecular complexity index is 680. The Morgan fingerprint density at radius 3 is 2.62 bits per heavy atom. The third-order valence-corrected chi connectivity index (χ3v) is 4.58. The standard InChI is InChI=1S/C17H22FN5O/c1-22(2)15(13-5-3-4-6-14(13)18)17(24)23-9-7-12(8-10-23)16-19-11-20-21-16/h3-6,11-12,15H,7-10H2,1-2H3,(H,19,20,21)/t15-/m1/s1. The Kier molecular flexibility index (Phi) is 4.89. The number of nitrogens with one attached hydrogen (secondary N) is 1. The summed E-state index contributed by atoms with van der Waals surface area (Å²) in [7, 11) is 3.60. The number of aromatic amines is 1. The second-order valence-electron chi connectivity index (χ2n) is 6.36. The molecule has 1 aromatic heterocycles. The summed E-state index contributed by atoms with van der Waals surface area (Å²) in [5.74, 6) is 0.769. The number of aromatic nitrogens is 3. The smallest absolute Gasteiger partial charge is 0.244 e. The number of carbonyl (C=O) groups is 1. The Morgan fingerprint density at radius 1 is 1.33 bits per heavy atom. The van der Waals surface area contributed by atoms with E-state index in [2.05, 4.69) is 15.2 Å². The lowest BCUT2D eigenvalue weighted by Gasteiger charge is -2.35. The van der Waals surface area contributed by atoms with Gasteiger partial charge in [-0.1, -0.05) is 18.2 Å². The number of nitrogens with zero attached hydrogens (tertiary/aromatic N) is 4. The van der Waals surface area contributed by atoms with Crippen LogP contribution in [0, 0.1) is 5.82 Å². The van der Waals surface area contributed by atoms with E-state index in [-0.39, 0.29) is 11.7 Å². The van der Waals surface area contributed by atoms with Gasteiger partial charge in [-0.2, -0.15) is 5.10 Å². The van der Waals surface area contributed by atoms with E-state index in [0.29, 0.717) is 24.6 Å². The van der Waals surface area contributed by atoms with Crippen LogP contribution in [-0.2, 0) is 4.79 Å². The molecular formula is C17H22FN5O. The van der Waals surface area contributed by atoms with Gasteiger partial charge in [0.15, 0.2) is 0 Å². The van der Waals surface area contributed by atoms with Gasteiger partial charge < -0.3 is 4.90 Å². The van der Waals surface area contributed by atoms with E-state index < -0.39 is 6.04 Å². The number of rotatable bonds is 4. The van der Waals surface area contributed by atoms with E-state index in [4.69, 9.17) is 0 Å². The topological polar surface area (TPSA) is 65.1 Å². The second kappa shape index (κ2) is 7.09. The number of H-pyrrole nitrogens is 1. The van der Waals surface area contributed by atoms with Gasteiger partial charge in [-0.25, -0.2) is 9.37 Å². The number of carbonyl (C=O) groups excluding carboxylic acids is 1. The Labute approximate surface area is 140 Å². The fourth-order valence-electron chi connectivity index (χ4n) is 3.29. The van der Waals surface area contributed by atoms with E-state index >= 15 is 0 Å². The van der Waals surface area contributed by atoms with Crippen molar-refractivity contribution in [1.82, 2.24) is 25.0 Å². The van der Waals surface area contributed by atoms with Crippen LogP contribution >= 0.6 is 0 Å². The summed E-state index contributed by atoms with van der Waals surface area (Å²) in [6.45, 7) is 1.28. The quantitative estimate of drug-likeness (QED) is 0.930. The molecule has 1 aromatic carbocycles. The summed E-state index contributed by atoms with van der Waals surface area (Å²) in [4.78, 5) is 20.8. The van der Waals surface area contributed by atoms with Crippen molar-refractivity contribution in [2.75, 3.05) is 27.2 Å². The predicted molar refractivity (Wildman–Crippen MR) is 87.8 cm³/mol. The van der Waals surface area contributed by atoms with Crippen molar-refractivity contribution in [3.8, 4) is 0 Å². The molecular weight excluding hydrogens is 309 g/mol. The first kappa shape index (κ1) is 16.6. The SMILES string of the molecule is CN(C)[C@@H](C(=O)N1CCC(c2ncn[nH]2)CC1)c1ccccc1F. The minimum Gasteiger partial charge on any atom is -0.341 e. The van der Waals surface area contributed by atoms with Crippen molar-refractivity contribution in [2.24, 2.45) is 0 Å². The van der Waals surface area contributed by atoms with Gasteiger partial charge in [-0.05, 0) is 33.0 Å². The molecule has 1 aliphatic heterocycles. The zero-order chi connectivity index (χ0) is 17.1. The van der Waals surface area contributed by atoms with Crippen LogP contribution in [0.5, 0.6) is 0 Å². The zero-order valence-corrected chi connectivity index (χ0v) is 13.9. The summed E-state index contributed by atoms with van der Waals surface area (Å²) < 4.78 is 14.2. The van der Waals surface area contributed by atoms with Gasteiger partial charge in [0.2, 0.25) is 5.91 Å². The van der Waals surface area contributed by atoms with E-state index in [1.165, 1.54) is 12.4 Å². The summed E-state index contributed by atoms with van der Waals surface area (Å²) in [5.41, 5.74) is 0.421. The predicted octanol–water partition coefficient (Wildman–Crippen LogP) is 1.95. The maximum absolute atomic E-state index is 14.2. The fourth-order valence-corrected chi connectivity index (χ4v) is 3.29. The molecule has 128 valence electrons. The third kappa shape index (κ3) is 3.31. The highest BCUT2D eigenvalue weighted by Crippen LogP contribution is 2.29. The number of benzene rings is 1. The van der Waals surface area contributed by atoms with Crippen molar-refractivity contribution in [3.05, 3.63) is 47.8 Å². The molecule has 0 radical (unpaired) electrons. The number of amides is 1. The molecule has 24 heavy (non-hydrogen) atoms. The zero-order valence-electron chi connectivity index (χ0n) is 13.9. The molecule has 3 rings (SSSR count). The fraction of sp³-hybridized carbons (Fsp3) is 0.471. The molecule has 6 nitrogen and oxygen atoms in total. The van der Waals surface area contributed by atoms with E-state index in [1.807, 2.05) is 4.90 Å². The van der Waals surface area contributed by atoms with Crippen LogP contribution in [0.4, 0.5) is 4.39 Å². The van der Waals surface area contributed by atoms with Crippen LogP contribution in [0.25, 0.3) is 0 Å². The minimum absolute atomic E-state index is 0.0545. The molecule has 0 spiro atoms. The number of likely N-dealkylation sites (N-methyl/N-ethyl adjacent to an activating group) is 1. The minimum atomic E-state index is -0.604. The first-order valence-electron chi connectivity index (χ1n) is 8.13. The lowest BCUT2D eigenvalue weighted by molar-refractivity contribution is -0.137. The van der Waals surface area contributed by atoms with Gasteiger partial charge in [-0.3, -0.25) is 14.8 Å². The van der Waals surface area contributed by atoms with Crippen LogP contribution in [0.3, 0.4) is 0 Å². The van der Waals surface area contributed by atoms with Gasteiger partial charge in [0, 0.05) is 24.6 Å². The lowest BCUT2D eigenvalue weighted by Crippen LogP contribution is -2.44. The number of hydrogen-bond acceptors (Lipinski definition) is 4. The molecule has 7 heteroatoms. The number of likely N-dealkylation sites (tertiary alicyclic amines) is 1. The third-order valence-electron chi connectivity index (χ3n) is 4.58. The van der Waals surface area contributed by atoms with Gasteiger partial charge in [0.1, 0.15) is 24.0 Å². The summed E-state index contributed by atoms with van der Waals surface area (Å²) >= 11 is 0. The van der Waals surface area contributed by atoms with Gasteiger partial charge in [0.25, 0.3) is 0 Å². The molecule has 0 bridgehead atoms. The molecule has 1 fully saturated rings. The van der Waals surface area contributed by atoms with Crippen LogP contribution in [0.2, 0.25) is 0 Å². The highest BCUT2D eigenvalue weighted by Gasteiger charge is 2.32. The van der Waals surface area contributed by atoms with E-state index in [1.54, 1.807) is 37.2 Å². The first-order valence-corrected chi connectivity index (χ1v) is 8.13. The molecule has 0 aliphatic carbocycles. The van der Waals surface area contributed by atoms with Crippen LogP contribution in [0.1, 0.15) is 36.2 Å². The van der Waals surface area contributed by atoms with Crippen molar-refractivity contribution in [2.45, 2.75) is 24.8 Å². The Balaban J connectivity index is 1.72. The average molecular weight is 331 g/mol. The maximum Gasteiger partial charge on any atom is 0.244 e.